The van der Waals surface area contributed by atoms with Crippen molar-refractivity contribution in [2.75, 3.05) is 38.2 Å². The quantitative estimate of drug-likeness (QED) is 0.190. The molecule has 1 N–H and O–H groups in total. The van der Waals surface area contributed by atoms with Crippen LogP contribution in [0.5, 0.6) is 17.2 Å². The van der Waals surface area contributed by atoms with Crippen LogP contribution in [0.25, 0.3) is 11.3 Å². The number of ether oxygens (including phenoxy) is 3. The molecule has 4 aromatic rings. The van der Waals surface area contributed by atoms with E-state index >= 15 is 0 Å². The average molecular weight is 668 g/mol. The van der Waals surface area contributed by atoms with Gasteiger partial charge in [0, 0.05) is 25.7 Å². The second kappa shape index (κ2) is 12.7. The number of methoxy groups -OCH3 is 2. The molecule has 0 atom stereocenters. The van der Waals surface area contributed by atoms with Crippen molar-refractivity contribution in [1.82, 2.24) is 9.88 Å². The molecule has 0 unspecified atom stereocenters. The molecule has 0 fully saturated rings. The predicted octanol–water partition coefficient (Wildman–Crippen LogP) is 8.18. The van der Waals surface area contributed by atoms with Crippen LogP contribution in [-0.2, 0) is 19.3 Å². The van der Waals surface area contributed by atoms with E-state index < -0.39 is 23.4 Å². The smallest absolute Gasteiger partial charge is 0.418 e. The Balaban J connectivity index is 1.53. The van der Waals surface area contributed by atoms with Crippen molar-refractivity contribution in [3.8, 4) is 28.5 Å². The standard InChI is InChI=1S/C34H30ClF4N5O3/c1-19-13-27(44(15-20-5-9-22(45-3)10-6-20)16-21-7-11-23(46-4)12-8-21)42-31(29(19)34(37,38)39)24-14-25-28-32(30(24)35)40-18-41-33(28)43(2)17-26(36)47-25/h5-14,17,40H,15-16,18H2,1-4H3. The van der Waals surface area contributed by atoms with Crippen LogP contribution in [0.15, 0.2) is 77.9 Å². The van der Waals surface area contributed by atoms with E-state index in [1.54, 1.807) is 21.3 Å². The summed E-state index contributed by atoms with van der Waals surface area (Å²) in [4.78, 5) is 12.3. The summed E-state index contributed by atoms with van der Waals surface area (Å²) in [5.41, 5.74) is 0.847. The lowest BCUT2D eigenvalue weighted by Gasteiger charge is -2.28. The Hall–Kier alpha value is -4.97. The summed E-state index contributed by atoms with van der Waals surface area (Å²) in [6, 6.07) is 16.5. The molecule has 0 amide bonds. The van der Waals surface area contributed by atoms with Gasteiger partial charge in [0.2, 0.25) is 0 Å². The molecule has 1 aromatic heterocycles. The van der Waals surface area contributed by atoms with E-state index in [4.69, 9.17) is 25.8 Å². The molecule has 6 rings (SSSR count). The van der Waals surface area contributed by atoms with Crippen LogP contribution >= 0.6 is 11.6 Å². The number of benzene rings is 3. The van der Waals surface area contributed by atoms with E-state index in [1.165, 1.54) is 24.0 Å². The van der Waals surface area contributed by atoms with E-state index in [-0.39, 0.29) is 40.1 Å². The summed E-state index contributed by atoms with van der Waals surface area (Å²) >= 11 is 6.89. The highest BCUT2D eigenvalue weighted by atomic mass is 35.5. The van der Waals surface area contributed by atoms with Gasteiger partial charge in [-0.25, -0.2) is 9.98 Å². The molecule has 2 aliphatic heterocycles. The first kappa shape index (κ1) is 32.0. The topological polar surface area (TPSA) is 71.5 Å². The van der Waals surface area contributed by atoms with Crippen molar-refractivity contribution in [3.05, 3.63) is 106 Å². The number of anilines is 2. The Labute approximate surface area is 273 Å². The van der Waals surface area contributed by atoms with Crippen LogP contribution in [0, 0.1) is 6.92 Å². The SMILES string of the molecule is COc1ccc(CN(Cc2ccc(OC)cc2)c2cc(C)c(C(F)(F)F)c(-c3cc4c5c(c3Cl)NCN=C5N(C)C=C(F)O4)n2)cc1. The van der Waals surface area contributed by atoms with Gasteiger partial charge in [-0.15, -0.1) is 0 Å². The summed E-state index contributed by atoms with van der Waals surface area (Å²) in [6.45, 7) is 2.07. The lowest BCUT2D eigenvalue weighted by molar-refractivity contribution is -0.137. The van der Waals surface area contributed by atoms with Crippen LogP contribution in [-0.4, -0.2) is 43.7 Å². The lowest BCUT2D eigenvalue weighted by atomic mass is 9.97. The van der Waals surface area contributed by atoms with Crippen molar-refractivity contribution in [1.29, 1.82) is 0 Å². The number of aliphatic imine (C=N–C) groups is 1. The fourth-order valence-electron chi connectivity index (χ4n) is 5.67. The molecule has 47 heavy (non-hydrogen) atoms. The maximum atomic E-state index is 14.8. The van der Waals surface area contributed by atoms with Gasteiger partial charge in [0.25, 0.3) is 6.01 Å². The summed E-state index contributed by atoms with van der Waals surface area (Å²) in [6.07, 6.45) is -3.69. The Morgan fingerprint density at radius 1 is 0.979 bits per heavy atom. The molecule has 244 valence electrons. The number of rotatable bonds is 8. The maximum Gasteiger partial charge on any atom is 0.418 e. The first-order chi connectivity index (χ1) is 22.5. The number of hydrogen-bond acceptors (Lipinski definition) is 8. The van der Waals surface area contributed by atoms with Crippen LogP contribution in [0.2, 0.25) is 5.02 Å². The molecule has 13 heteroatoms. The van der Waals surface area contributed by atoms with Gasteiger partial charge in [-0.3, -0.25) is 0 Å². The lowest BCUT2D eigenvalue weighted by Crippen LogP contribution is -2.27. The normalized spacial score (nSPS) is 13.9. The van der Waals surface area contributed by atoms with Gasteiger partial charge >= 0.3 is 6.18 Å². The molecule has 0 spiro atoms. The Kier molecular flexibility index (Phi) is 8.63. The summed E-state index contributed by atoms with van der Waals surface area (Å²) in [7, 11) is 4.73. The first-order valence-corrected chi connectivity index (χ1v) is 14.9. The molecule has 0 bridgehead atoms. The molecule has 0 aliphatic carbocycles. The highest BCUT2D eigenvalue weighted by Crippen LogP contribution is 2.48. The number of nitrogens with zero attached hydrogens (tertiary/aromatic N) is 4. The summed E-state index contributed by atoms with van der Waals surface area (Å²) in [5.74, 6) is 1.93. The van der Waals surface area contributed by atoms with E-state index in [0.29, 0.717) is 36.0 Å². The van der Waals surface area contributed by atoms with E-state index in [1.807, 2.05) is 53.4 Å². The van der Waals surface area contributed by atoms with Crippen LogP contribution in [0.3, 0.4) is 0 Å². The number of pyridine rings is 1. The maximum absolute atomic E-state index is 14.8. The third-order valence-corrected chi connectivity index (χ3v) is 8.30. The summed E-state index contributed by atoms with van der Waals surface area (Å²) in [5, 5.41) is 3.00. The third kappa shape index (κ3) is 6.37. The van der Waals surface area contributed by atoms with E-state index in [9.17, 15) is 17.6 Å². The number of hydrogen-bond donors (Lipinski definition) is 1. The summed E-state index contributed by atoms with van der Waals surface area (Å²) < 4.78 is 75.2. The zero-order valence-electron chi connectivity index (χ0n) is 25.9. The number of alkyl halides is 3. The van der Waals surface area contributed by atoms with Crippen LogP contribution in [0.4, 0.5) is 29.1 Å². The van der Waals surface area contributed by atoms with Crippen molar-refractivity contribution < 1.29 is 31.8 Å². The number of aryl methyl sites for hydroxylation is 1. The highest BCUT2D eigenvalue weighted by molar-refractivity contribution is 6.37. The van der Waals surface area contributed by atoms with E-state index in [2.05, 4.69) is 15.3 Å². The van der Waals surface area contributed by atoms with Gasteiger partial charge in [-0.05, 0) is 60.0 Å². The molecule has 0 radical (unpaired) electrons. The molecule has 3 heterocycles. The zero-order valence-corrected chi connectivity index (χ0v) is 26.6. The molecule has 3 aromatic carbocycles. The predicted molar refractivity (Wildman–Crippen MR) is 173 cm³/mol. The first-order valence-electron chi connectivity index (χ1n) is 14.5. The largest absolute Gasteiger partial charge is 0.497 e. The van der Waals surface area contributed by atoms with Gasteiger partial charge in [0.15, 0.2) is 0 Å². The minimum absolute atomic E-state index is 0.0260. The van der Waals surface area contributed by atoms with Gasteiger partial charge in [0.1, 0.15) is 35.6 Å². The third-order valence-electron chi connectivity index (χ3n) is 7.90. The Morgan fingerprint density at radius 3 is 2.13 bits per heavy atom. The van der Waals surface area contributed by atoms with Crippen molar-refractivity contribution in [2.45, 2.75) is 26.2 Å². The Morgan fingerprint density at radius 2 is 1.57 bits per heavy atom. The second-order valence-electron chi connectivity index (χ2n) is 11.0. The number of halogens is 5. The molecule has 0 saturated carbocycles. The van der Waals surface area contributed by atoms with Crippen LogP contribution < -0.4 is 24.4 Å². The van der Waals surface area contributed by atoms with Gasteiger partial charge in [-0.1, -0.05) is 35.9 Å². The van der Waals surface area contributed by atoms with E-state index in [0.717, 1.165) is 17.3 Å². The molecule has 0 saturated heterocycles. The van der Waals surface area contributed by atoms with Gasteiger partial charge in [-0.2, -0.15) is 17.6 Å². The fraction of sp³-hybridized carbons (Fsp3) is 0.235. The number of amidine groups is 1. The van der Waals surface area contributed by atoms with Crippen molar-refractivity contribution >= 4 is 28.9 Å². The van der Waals surface area contributed by atoms with Gasteiger partial charge < -0.3 is 29.3 Å². The number of aromatic nitrogens is 1. The van der Waals surface area contributed by atoms with Crippen molar-refractivity contribution in [2.24, 2.45) is 4.99 Å². The molecular formula is C34H30ClF4N5O3. The monoisotopic (exact) mass is 667 g/mol. The zero-order chi connectivity index (χ0) is 33.5. The van der Waals surface area contributed by atoms with Crippen LogP contribution in [0.1, 0.15) is 27.8 Å². The second-order valence-corrected chi connectivity index (χ2v) is 11.4. The average Bonchev–Trinajstić information content (AvgIpc) is 3.17. The van der Waals surface area contributed by atoms with Crippen molar-refractivity contribution in [3.63, 3.8) is 0 Å². The minimum atomic E-state index is -4.79. The molecular weight excluding hydrogens is 638 g/mol. The Bertz CT molecular complexity index is 1830. The molecule has 2 aliphatic rings. The highest BCUT2D eigenvalue weighted by Gasteiger charge is 2.39. The fourth-order valence-corrected chi connectivity index (χ4v) is 5.98. The van der Waals surface area contributed by atoms with Gasteiger partial charge in [0.05, 0.1) is 48.0 Å². The minimum Gasteiger partial charge on any atom is -0.497 e. The number of nitrogens with one attached hydrogen (secondary N) is 1. The molecule has 8 nitrogen and oxygen atoms in total.